The highest BCUT2D eigenvalue weighted by Crippen LogP contribution is 2.22. The van der Waals surface area contributed by atoms with Crippen LogP contribution < -0.4 is 0 Å². The van der Waals surface area contributed by atoms with Crippen molar-refractivity contribution in [1.29, 1.82) is 0 Å². The van der Waals surface area contributed by atoms with Crippen LogP contribution in [0.5, 0.6) is 0 Å². The molecule has 2 rings (SSSR count). The van der Waals surface area contributed by atoms with E-state index >= 15 is 0 Å². The van der Waals surface area contributed by atoms with Crippen LogP contribution in [0.25, 0.3) is 0 Å². The lowest BCUT2D eigenvalue weighted by Crippen LogP contribution is -2.36. The van der Waals surface area contributed by atoms with Gasteiger partial charge in [0, 0.05) is 13.1 Å². The van der Waals surface area contributed by atoms with Gasteiger partial charge in [-0.1, -0.05) is 18.2 Å². The molecule has 1 aromatic carbocycles. The lowest BCUT2D eigenvalue weighted by molar-refractivity contribution is 0.102. The Labute approximate surface area is 96.0 Å². The maximum atomic E-state index is 11.6. The molecule has 0 aromatic heterocycles. The van der Waals surface area contributed by atoms with Crippen molar-refractivity contribution in [2.75, 3.05) is 13.2 Å². The van der Waals surface area contributed by atoms with Gasteiger partial charge < -0.3 is 9.64 Å². The number of nitrogens with zero attached hydrogens (tertiary/aromatic N) is 1. The van der Waals surface area contributed by atoms with Gasteiger partial charge in [0.25, 0.3) is 0 Å². The summed E-state index contributed by atoms with van der Waals surface area (Å²) in [5.41, 5.74) is 3.96. The monoisotopic (exact) mass is 219 g/mol. The van der Waals surface area contributed by atoms with Crippen molar-refractivity contribution in [3.8, 4) is 0 Å². The molecule has 3 nitrogen and oxygen atoms in total. The minimum absolute atomic E-state index is 0.199. The summed E-state index contributed by atoms with van der Waals surface area (Å²) in [5.74, 6) is 0. The number of carbonyl (C=O) groups is 1. The third kappa shape index (κ3) is 2.03. The van der Waals surface area contributed by atoms with Crippen molar-refractivity contribution in [2.45, 2.75) is 26.8 Å². The predicted octanol–water partition coefficient (Wildman–Crippen LogP) is 2.51. The van der Waals surface area contributed by atoms with Crippen LogP contribution in [0.1, 0.15) is 23.6 Å². The molecule has 0 atom stereocenters. The lowest BCUT2D eigenvalue weighted by atomic mass is 9.95. The number of aryl methyl sites for hydroxylation is 1. The number of hydrogen-bond acceptors (Lipinski definition) is 2. The van der Waals surface area contributed by atoms with E-state index in [1.807, 2.05) is 13.0 Å². The maximum Gasteiger partial charge on any atom is 0.410 e. The molecule has 86 valence electrons. The molecule has 0 aliphatic carbocycles. The highest BCUT2D eigenvalue weighted by Gasteiger charge is 2.21. The Balaban J connectivity index is 2.15. The van der Waals surface area contributed by atoms with Crippen LogP contribution in [-0.2, 0) is 17.7 Å². The smallest absolute Gasteiger partial charge is 0.410 e. The second-order valence-corrected chi connectivity index (χ2v) is 4.08. The summed E-state index contributed by atoms with van der Waals surface area (Å²) >= 11 is 0. The molecule has 0 bridgehead atoms. The van der Waals surface area contributed by atoms with Gasteiger partial charge in [-0.3, -0.25) is 0 Å². The maximum absolute atomic E-state index is 11.6. The summed E-state index contributed by atoms with van der Waals surface area (Å²) in [4.78, 5) is 13.4. The number of fused-ring (bicyclic) bond motifs is 1. The molecule has 0 unspecified atom stereocenters. The van der Waals surface area contributed by atoms with E-state index in [9.17, 15) is 4.79 Å². The van der Waals surface area contributed by atoms with Crippen molar-refractivity contribution >= 4 is 6.09 Å². The zero-order valence-electron chi connectivity index (χ0n) is 9.82. The second-order valence-electron chi connectivity index (χ2n) is 4.08. The van der Waals surface area contributed by atoms with E-state index in [1.165, 1.54) is 16.7 Å². The minimum Gasteiger partial charge on any atom is -0.450 e. The second kappa shape index (κ2) is 4.56. The van der Waals surface area contributed by atoms with Crippen LogP contribution >= 0.6 is 0 Å². The summed E-state index contributed by atoms with van der Waals surface area (Å²) in [6.45, 7) is 5.83. The Hall–Kier alpha value is -1.51. The molecule has 0 fully saturated rings. The van der Waals surface area contributed by atoms with E-state index in [0.717, 1.165) is 13.0 Å². The fourth-order valence-electron chi connectivity index (χ4n) is 2.17. The van der Waals surface area contributed by atoms with Gasteiger partial charge in [-0.2, -0.15) is 0 Å². The van der Waals surface area contributed by atoms with Crippen molar-refractivity contribution in [3.63, 3.8) is 0 Å². The summed E-state index contributed by atoms with van der Waals surface area (Å²) in [6.07, 6.45) is 0.732. The minimum atomic E-state index is -0.199. The summed E-state index contributed by atoms with van der Waals surface area (Å²) in [6, 6.07) is 6.26. The summed E-state index contributed by atoms with van der Waals surface area (Å²) < 4.78 is 5.01. The lowest BCUT2D eigenvalue weighted by Gasteiger charge is -2.28. The predicted molar refractivity (Wildman–Crippen MR) is 62.3 cm³/mol. The van der Waals surface area contributed by atoms with Crippen molar-refractivity contribution in [1.82, 2.24) is 4.90 Å². The fourth-order valence-corrected chi connectivity index (χ4v) is 2.17. The van der Waals surface area contributed by atoms with Crippen LogP contribution in [0, 0.1) is 6.92 Å². The molecule has 1 aromatic rings. The SMILES string of the molecule is CCOC(=O)N1CCc2c(C)cccc2C1. The van der Waals surface area contributed by atoms with Crippen LogP contribution in [-0.4, -0.2) is 24.1 Å². The van der Waals surface area contributed by atoms with Gasteiger partial charge in [0.05, 0.1) is 6.61 Å². The van der Waals surface area contributed by atoms with Gasteiger partial charge in [0.1, 0.15) is 0 Å². The number of ether oxygens (including phenoxy) is 1. The third-order valence-corrected chi connectivity index (χ3v) is 3.03. The van der Waals surface area contributed by atoms with Gasteiger partial charge in [0.15, 0.2) is 0 Å². The molecule has 1 amide bonds. The van der Waals surface area contributed by atoms with E-state index in [-0.39, 0.29) is 6.09 Å². The van der Waals surface area contributed by atoms with Crippen molar-refractivity contribution < 1.29 is 9.53 Å². The van der Waals surface area contributed by atoms with E-state index < -0.39 is 0 Å². The average molecular weight is 219 g/mol. The first-order chi connectivity index (χ1) is 7.72. The van der Waals surface area contributed by atoms with Crippen LogP contribution in [0.2, 0.25) is 0 Å². The summed E-state index contributed by atoms with van der Waals surface area (Å²) in [7, 11) is 0. The van der Waals surface area contributed by atoms with Gasteiger partial charge in [-0.25, -0.2) is 4.79 Å². The first-order valence-corrected chi connectivity index (χ1v) is 5.71. The average Bonchev–Trinajstić information content (AvgIpc) is 2.29. The molecule has 0 saturated heterocycles. The topological polar surface area (TPSA) is 29.5 Å². The van der Waals surface area contributed by atoms with Gasteiger partial charge in [0.2, 0.25) is 0 Å². The molecule has 3 heteroatoms. The molecular weight excluding hydrogens is 202 g/mol. The molecule has 0 saturated carbocycles. The van der Waals surface area contributed by atoms with E-state index in [2.05, 4.69) is 19.1 Å². The van der Waals surface area contributed by atoms with Crippen molar-refractivity contribution in [2.24, 2.45) is 0 Å². The Kier molecular flexibility index (Phi) is 3.13. The number of rotatable bonds is 1. The van der Waals surface area contributed by atoms with Gasteiger partial charge in [-0.05, 0) is 37.0 Å². The normalized spacial score (nSPS) is 14.5. The molecule has 1 heterocycles. The number of amides is 1. The van der Waals surface area contributed by atoms with E-state index in [0.29, 0.717) is 13.2 Å². The van der Waals surface area contributed by atoms with Gasteiger partial charge >= 0.3 is 6.09 Å². The largest absolute Gasteiger partial charge is 0.450 e. The molecule has 0 radical (unpaired) electrons. The third-order valence-electron chi connectivity index (χ3n) is 3.03. The highest BCUT2D eigenvalue weighted by atomic mass is 16.6. The Bertz CT molecular complexity index is 401. The molecule has 0 N–H and O–H groups in total. The number of benzene rings is 1. The number of hydrogen-bond donors (Lipinski definition) is 0. The van der Waals surface area contributed by atoms with Crippen molar-refractivity contribution in [3.05, 3.63) is 34.9 Å². The van der Waals surface area contributed by atoms with Crippen LogP contribution in [0.4, 0.5) is 4.79 Å². The van der Waals surface area contributed by atoms with E-state index in [4.69, 9.17) is 4.74 Å². The Morgan fingerprint density at radius 1 is 1.50 bits per heavy atom. The quantitative estimate of drug-likeness (QED) is 0.726. The zero-order valence-corrected chi connectivity index (χ0v) is 9.82. The first kappa shape index (κ1) is 11.0. The molecule has 1 aliphatic heterocycles. The molecule has 0 spiro atoms. The Morgan fingerprint density at radius 3 is 3.06 bits per heavy atom. The summed E-state index contributed by atoms with van der Waals surface area (Å²) in [5, 5.41) is 0. The standard InChI is InChI=1S/C13H17NO2/c1-3-16-13(15)14-8-7-12-10(2)5-4-6-11(12)9-14/h4-6H,3,7-9H2,1-2H3. The Morgan fingerprint density at radius 2 is 2.31 bits per heavy atom. The van der Waals surface area contributed by atoms with Crippen LogP contribution in [0.3, 0.4) is 0 Å². The van der Waals surface area contributed by atoms with Crippen LogP contribution in [0.15, 0.2) is 18.2 Å². The van der Waals surface area contributed by atoms with E-state index in [1.54, 1.807) is 4.90 Å². The van der Waals surface area contributed by atoms with Gasteiger partial charge in [-0.15, -0.1) is 0 Å². The molecular formula is C13H17NO2. The molecule has 1 aliphatic rings. The highest BCUT2D eigenvalue weighted by molar-refractivity contribution is 5.68. The first-order valence-electron chi connectivity index (χ1n) is 5.71. The zero-order chi connectivity index (χ0) is 11.5. The molecule has 16 heavy (non-hydrogen) atoms. The fraction of sp³-hybridized carbons (Fsp3) is 0.462. The number of carbonyl (C=O) groups excluding carboxylic acids is 1.